The molecule has 0 aliphatic carbocycles. The van der Waals surface area contributed by atoms with E-state index in [2.05, 4.69) is 10.6 Å². The van der Waals surface area contributed by atoms with Crippen LogP contribution in [0.15, 0.2) is 66.7 Å². The molecule has 7 heteroatoms. The van der Waals surface area contributed by atoms with E-state index in [1.807, 2.05) is 24.3 Å². The number of nitrogens with one attached hydrogen (secondary N) is 2. The molecule has 0 atom stereocenters. The summed E-state index contributed by atoms with van der Waals surface area (Å²) in [5, 5.41) is 5.42. The number of fused-ring (bicyclic) bond motifs is 1. The summed E-state index contributed by atoms with van der Waals surface area (Å²) in [4.78, 5) is 26.6. The van der Waals surface area contributed by atoms with Crippen LogP contribution < -0.4 is 15.5 Å². The molecule has 0 aromatic heterocycles. The van der Waals surface area contributed by atoms with Gasteiger partial charge in [0.1, 0.15) is 0 Å². The molecule has 0 saturated heterocycles. The highest BCUT2D eigenvalue weighted by atomic mass is 19.2. The van der Waals surface area contributed by atoms with E-state index in [0.29, 0.717) is 17.8 Å². The highest BCUT2D eigenvalue weighted by molar-refractivity contribution is 6.07. The van der Waals surface area contributed by atoms with Gasteiger partial charge in [-0.05, 0) is 54.4 Å². The SMILES string of the molecule is O=C(CNc1ccc(C(=O)N2CCc3ccccc32)cc1)Nc1ccc(F)c(F)c1. The van der Waals surface area contributed by atoms with Crippen LogP contribution in [0.5, 0.6) is 0 Å². The van der Waals surface area contributed by atoms with E-state index in [1.54, 1.807) is 29.2 Å². The van der Waals surface area contributed by atoms with Crippen LogP contribution in [0.1, 0.15) is 15.9 Å². The van der Waals surface area contributed by atoms with Crippen molar-refractivity contribution in [2.75, 3.05) is 28.6 Å². The van der Waals surface area contributed by atoms with E-state index in [0.717, 1.165) is 29.8 Å². The minimum atomic E-state index is -1.03. The van der Waals surface area contributed by atoms with Crippen molar-refractivity contribution in [3.63, 3.8) is 0 Å². The van der Waals surface area contributed by atoms with Crippen molar-refractivity contribution in [1.82, 2.24) is 0 Å². The molecule has 4 rings (SSSR count). The van der Waals surface area contributed by atoms with Gasteiger partial charge in [0.25, 0.3) is 5.91 Å². The van der Waals surface area contributed by atoms with Crippen LogP contribution in [0.4, 0.5) is 25.8 Å². The number of carbonyl (C=O) groups excluding carboxylic acids is 2. The van der Waals surface area contributed by atoms with Crippen molar-refractivity contribution in [3.8, 4) is 0 Å². The van der Waals surface area contributed by atoms with E-state index in [-0.39, 0.29) is 18.1 Å². The third-order valence-corrected chi connectivity index (χ3v) is 4.92. The molecule has 152 valence electrons. The Morgan fingerprint density at radius 2 is 1.63 bits per heavy atom. The molecule has 1 aliphatic rings. The Bertz CT molecular complexity index is 1100. The predicted octanol–water partition coefficient (Wildman–Crippen LogP) is 4.22. The molecule has 0 unspecified atom stereocenters. The van der Waals surface area contributed by atoms with Gasteiger partial charge in [0, 0.05) is 35.2 Å². The van der Waals surface area contributed by atoms with E-state index in [1.165, 1.54) is 6.07 Å². The average molecular weight is 407 g/mol. The van der Waals surface area contributed by atoms with Crippen molar-refractivity contribution in [1.29, 1.82) is 0 Å². The zero-order valence-corrected chi connectivity index (χ0v) is 16.0. The molecule has 0 radical (unpaired) electrons. The molecule has 3 aromatic rings. The maximum atomic E-state index is 13.2. The Labute approximate surface area is 172 Å². The number of halogens is 2. The van der Waals surface area contributed by atoms with Crippen molar-refractivity contribution in [2.24, 2.45) is 0 Å². The number of hydrogen-bond donors (Lipinski definition) is 2. The Hall–Kier alpha value is -3.74. The number of amides is 2. The number of carbonyl (C=O) groups is 2. The van der Waals surface area contributed by atoms with Crippen molar-refractivity contribution >= 4 is 28.9 Å². The Balaban J connectivity index is 1.34. The van der Waals surface area contributed by atoms with Gasteiger partial charge in [0.15, 0.2) is 11.6 Å². The van der Waals surface area contributed by atoms with E-state index >= 15 is 0 Å². The van der Waals surface area contributed by atoms with Crippen molar-refractivity contribution < 1.29 is 18.4 Å². The summed E-state index contributed by atoms with van der Waals surface area (Å²) in [6.07, 6.45) is 0.842. The smallest absolute Gasteiger partial charge is 0.258 e. The van der Waals surface area contributed by atoms with Crippen LogP contribution in [-0.2, 0) is 11.2 Å². The maximum absolute atomic E-state index is 13.2. The quantitative estimate of drug-likeness (QED) is 0.666. The second kappa shape index (κ2) is 8.32. The van der Waals surface area contributed by atoms with Crippen LogP contribution in [-0.4, -0.2) is 24.9 Å². The minimum Gasteiger partial charge on any atom is -0.376 e. The lowest BCUT2D eigenvalue weighted by Gasteiger charge is -2.17. The molecule has 30 heavy (non-hydrogen) atoms. The largest absolute Gasteiger partial charge is 0.376 e. The Morgan fingerprint density at radius 3 is 2.40 bits per heavy atom. The lowest BCUT2D eigenvalue weighted by molar-refractivity contribution is -0.114. The zero-order valence-electron chi connectivity index (χ0n) is 16.0. The molecular weight excluding hydrogens is 388 g/mol. The number of para-hydroxylation sites is 1. The van der Waals surface area contributed by atoms with Gasteiger partial charge in [0.2, 0.25) is 5.91 Å². The second-order valence-electron chi connectivity index (χ2n) is 6.94. The number of anilines is 3. The molecule has 2 amide bonds. The van der Waals surface area contributed by atoms with Gasteiger partial charge in [-0.25, -0.2) is 8.78 Å². The van der Waals surface area contributed by atoms with Crippen LogP contribution >= 0.6 is 0 Å². The summed E-state index contributed by atoms with van der Waals surface area (Å²) in [7, 11) is 0. The first-order chi connectivity index (χ1) is 14.5. The van der Waals surface area contributed by atoms with Gasteiger partial charge in [-0.3, -0.25) is 9.59 Å². The summed E-state index contributed by atoms with van der Waals surface area (Å²) >= 11 is 0. The van der Waals surface area contributed by atoms with E-state index < -0.39 is 17.5 Å². The molecule has 0 spiro atoms. The number of nitrogens with zero attached hydrogens (tertiary/aromatic N) is 1. The fourth-order valence-electron chi connectivity index (χ4n) is 3.40. The molecule has 0 fully saturated rings. The number of benzene rings is 3. The molecule has 5 nitrogen and oxygen atoms in total. The van der Waals surface area contributed by atoms with Gasteiger partial charge in [-0.1, -0.05) is 18.2 Å². The summed E-state index contributed by atoms with van der Waals surface area (Å²) < 4.78 is 26.1. The summed E-state index contributed by atoms with van der Waals surface area (Å²) in [6.45, 7) is 0.591. The Kier molecular flexibility index (Phi) is 5.43. The molecule has 1 heterocycles. The minimum absolute atomic E-state index is 0.0637. The van der Waals surface area contributed by atoms with Gasteiger partial charge in [-0.2, -0.15) is 0 Å². The second-order valence-corrected chi connectivity index (χ2v) is 6.94. The highest BCUT2D eigenvalue weighted by Gasteiger charge is 2.24. The number of rotatable bonds is 5. The summed E-state index contributed by atoms with van der Waals surface area (Å²) in [6, 6.07) is 17.9. The van der Waals surface area contributed by atoms with Crippen molar-refractivity contribution in [3.05, 3.63) is 89.5 Å². The third-order valence-electron chi connectivity index (χ3n) is 4.92. The molecular formula is C23H19F2N3O2. The molecule has 2 N–H and O–H groups in total. The van der Waals surface area contributed by atoms with Crippen LogP contribution in [0.25, 0.3) is 0 Å². The summed E-state index contributed by atoms with van der Waals surface area (Å²) in [5.74, 6) is -2.47. The van der Waals surface area contributed by atoms with E-state index in [9.17, 15) is 18.4 Å². The van der Waals surface area contributed by atoms with Crippen LogP contribution in [0, 0.1) is 11.6 Å². The standard InChI is InChI=1S/C23H19F2N3O2/c24-19-10-9-18(13-20(19)25)27-22(29)14-26-17-7-5-16(6-8-17)23(30)28-12-11-15-3-1-2-4-21(15)28/h1-10,13,26H,11-12,14H2,(H,27,29). The zero-order chi connectivity index (χ0) is 21.1. The highest BCUT2D eigenvalue weighted by Crippen LogP contribution is 2.29. The molecule has 3 aromatic carbocycles. The van der Waals surface area contributed by atoms with Crippen LogP contribution in [0.3, 0.4) is 0 Å². The normalized spacial score (nSPS) is 12.4. The van der Waals surface area contributed by atoms with Gasteiger partial charge in [-0.15, -0.1) is 0 Å². The predicted molar refractivity (Wildman–Crippen MR) is 112 cm³/mol. The maximum Gasteiger partial charge on any atom is 0.258 e. The van der Waals surface area contributed by atoms with Crippen LogP contribution in [0.2, 0.25) is 0 Å². The molecule has 0 bridgehead atoms. The third kappa shape index (κ3) is 4.15. The fourth-order valence-corrected chi connectivity index (χ4v) is 3.40. The number of hydrogen-bond acceptors (Lipinski definition) is 3. The molecule has 0 saturated carbocycles. The monoisotopic (exact) mass is 407 g/mol. The first-order valence-corrected chi connectivity index (χ1v) is 9.50. The Morgan fingerprint density at radius 1 is 0.900 bits per heavy atom. The summed E-state index contributed by atoms with van der Waals surface area (Å²) in [5.41, 5.74) is 3.50. The lowest BCUT2D eigenvalue weighted by Crippen LogP contribution is -2.28. The first-order valence-electron chi connectivity index (χ1n) is 9.50. The average Bonchev–Trinajstić information content (AvgIpc) is 3.19. The van der Waals surface area contributed by atoms with Crippen molar-refractivity contribution in [2.45, 2.75) is 6.42 Å². The first kappa shape index (κ1) is 19.6. The lowest BCUT2D eigenvalue weighted by atomic mass is 10.1. The van der Waals surface area contributed by atoms with Gasteiger partial charge >= 0.3 is 0 Å². The van der Waals surface area contributed by atoms with Gasteiger partial charge < -0.3 is 15.5 Å². The topological polar surface area (TPSA) is 61.4 Å². The fraction of sp³-hybridized carbons (Fsp3) is 0.130. The molecule has 1 aliphatic heterocycles. The van der Waals surface area contributed by atoms with E-state index in [4.69, 9.17) is 0 Å². The van der Waals surface area contributed by atoms with Gasteiger partial charge in [0.05, 0.1) is 6.54 Å².